The van der Waals surface area contributed by atoms with Crippen LogP contribution in [-0.2, 0) is 17.5 Å². The molecule has 2 saturated heterocycles. The molecule has 206 valence electrons. The summed E-state index contributed by atoms with van der Waals surface area (Å²) in [5.41, 5.74) is 0.966. The van der Waals surface area contributed by atoms with Crippen LogP contribution in [-0.4, -0.2) is 60.7 Å². The molecule has 2 aromatic rings. The Morgan fingerprint density at radius 2 is 1.89 bits per heavy atom. The number of hydrazone groups is 1. The first kappa shape index (κ1) is 27.0. The number of nitrogens with two attached hydrogens (primary N) is 1. The number of fused-ring (bicyclic) bond motifs is 1. The molecular formula is C26H31ClF4N6O. The fourth-order valence-corrected chi connectivity index (χ4v) is 6.02. The zero-order valence-electron chi connectivity index (χ0n) is 21.1. The number of amidine groups is 1. The number of aromatic nitrogens is 1. The number of hydrogen-bond acceptors (Lipinski definition) is 6. The quantitative estimate of drug-likeness (QED) is 0.330. The van der Waals surface area contributed by atoms with Crippen LogP contribution in [0.2, 0.25) is 5.02 Å². The highest BCUT2D eigenvalue weighted by molar-refractivity contribution is 6.30. The zero-order chi connectivity index (χ0) is 27.0. The maximum atomic E-state index is 14.5. The van der Waals surface area contributed by atoms with Gasteiger partial charge >= 0.3 is 6.18 Å². The smallest absolute Gasteiger partial charge is 0.380 e. The van der Waals surface area contributed by atoms with Crippen LogP contribution >= 0.6 is 11.6 Å². The third-order valence-corrected chi connectivity index (χ3v) is 8.15. The number of piperidine rings is 1. The molecule has 7 nitrogen and oxygen atoms in total. The molecule has 0 bridgehead atoms. The molecule has 5 rings (SSSR count). The normalized spacial score (nSPS) is 23.5. The van der Waals surface area contributed by atoms with Crippen molar-refractivity contribution in [2.75, 3.05) is 42.6 Å². The van der Waals surface area contributed by atoms with E-state index in [0.717, 1.165) is 36.2 Å². The van der Waals surface area contributed by atoms with Gasteiger partial charge in [-0.05, 0) is 68.0 Å². The Bertz CT molecular complexity index is 1180. The molecular weight excluding hydrogens is 524 g/mol. The van der Waals surface area contributed by atoms with E-state index < -0.39 is 17.7 Å². The van der Waals surface area contributed by atoms with Crippen molar-refractivity contribution in [3.05, 3.63) is 52.4 Å². The lowest BCUT2D eigenvalue weighted by Crippen LogP contribution is -2.50. The molecule has 38 heavy (non-hydrogen) atoms. The number of hydrogen-bond donors (Lipinski definition) is 1. The largest absolute Gasteiger partial charge is 0.433 e. The third kappa shape index (κ3) is 5.41. The highest BCUT2D eigenvalue weighted by Crippen LogP contribution is 2.37. The van der Waals surface area contributed by atoms with Gasteiger partial charge in [0.05, 0.1) is 13.2 Å². The number of rotatable bonds is 4. The molecule has 2 fully saturated rings. The maximum absolute atomic E-state index is 14.5. The van der Waals surface area contributed by atoms with Crippen LogP contribution in [0.15, 0.2) is 35.4 Å². The van der Waals surface area contributed by atoms with Crippen molar-refractivity contribution < 1.29 is 22.3 Å². The predicted molar refractivity (Wildman–Crippen MR) is 139 cm³/mol. The summed E-state index contributed by atoms with van der Waals surface area (Å²) in [7, 11) is 0. The highest BCUT2D eigenvalue weighted by atomic mass is 35.5. The Morgan fingerprint density at radius 3 is 2.55 bits per heavy atom. The summed E-state index contributed by atoms with van der Waals surface area (Å²) in [6.07, 6.45) is -2.40. The van der Waals surface area contributed by atoms with Crippen LogP contribution in [0.3, 0.4) is 0 Å². The Hall–Kier alpha value is -2.63. The van der Waals surface area contributed by atoms with Crippen molar-refractivity contribution >= 4 is 28.9 Å². The average Bonchev–Trinajstić information content (AvgIpc) is 3.38. The number of ether oxygens (including phenoxy) is 1. The average molecular weight is 555 g/mol. The first-order valence-corrected chi connectivity index (χ1v) is 13.2. The molecule has 1 aromatic heterocycles. The van der Waals surface area contributed by atoms with Gasteiger partial charge in [-0.2, -0.15) is 18.3 Å². The second kappa shape index (κ2) is 10.9. The van der Waals surface area contributed by atoms with Crippen molar-refractivity contribution in [1.82, 2.24) is 9.88 Å². The fourth-order valence-electron chi connectivity index (χ4n) is 5.83. The van der Waals surface area contributed by atoms with Crippen molar-refractivity contribution in [3.8, 4) is 0 Å². The number of benzene rings is 1. The number of halogens is 5. The van der Waals surface area contributed by atoms with Gasteiger partial charge in [0.25, 0.3) is 0 Å². The number of anilines is 2. The summed E-state index contributed by atoms with van der Waals surface area (Å²) in [5, 5.41) is 4.85. The standard InChI is InChI=1S/C26H31ClF4N6O/c1-16(17-6-9-35(10-7-17)25-21(28)3-5-23(33-25)26(29,30)31)37-22-4-2-19(27)12-18(22)13-36(14-24(37)34-32)20-8-11-38-15-20/h2-5,12,16-17,20H,6-11,13-15,32H2,1H3/b34-24-/t16?,20-/m0/s1. The molecule has 4 heterocycles. The Kier molecular flexibility index (Phi) is 7.70. The Labute approximate surface area is 224 Å². The van der Waals surface area contributed by atoms with Gasteiger partial charge in [-0.15, -0.1) is 0 Å². The fraction of sp³-hybridized carbons (Fsp3) is 0.538. The Balaban J connectivity index is 1.37. The van der Waals surface area contributed by atoms with Crippen LogP contribution in [0, 0.1) is 11.7 Å². The molecule has 0 amide bonds. The van der Waals surface area contributed by atoms with Gasteiger partial charge in [-0.25, -0.2) is 9.37 Å². The number of alkyl halides is 3. The zero-order valence-corrected chi connectivity index (χ0v) is 21.9. The van der Waals surface area contributed by atoms with Gasteiger partial charge in [0.1, 0.15) is 11.5 Å². The highest BCUT2D eigenvalue weighted by Gasteiger charge is 2.38. The molecule has 2 N–H and O–H groups in total. The van der Waals surface area contributed by atoms with Gasteiger partial charge in [0, 0.05) is 49.0 Å². The van der Waals surface area contributed by atoms with Crippen LogP contribution < -0.4 is 15.6 Å². The molecule has 1 unspecified atom stereocenters. The molecule has 3 aliphatic heterocycles. The molecule has 3 aliphatic rings. The monoisotopic (exact) mass is 554 g/mol. The molecule has 12 heteroatoms. The van der Waals surface area contributed by atoms with Gasteiger partial charge in [-0.1, -0.05) is 11.6 Å². The maximum Gasteiger partial charge on any atom is 0.433 e. The van der Waals surface area contributed by atoms with Gasteiger partial charge in [0.15, 0.2) is 11.6 Å². The molecule has 0 aliphatic carbocycles. The van der Waals surface area contributed by atoms with Crippen LogP contribution in [0.4, 0.5) is 29.1 Å². The lowest BCUT2D eigenvalue weighted by Gasteiger charge is -2.41. The van der Waals surface area contributed by atoms with E-state index in [1.807, 2.05) is 18.2 Å². The summed E-state index contributed by atoms with van der Waals surface area (Å²) < 4.78 is 59.6. The Morgan fingerprint density at radius 1 is 1.13 bits per heavy atom. The van der Waals surface area contributed by atoms with E-state index in [1.54, 1.807) is 4.90 Å². The lowest BCUT2D eigenvalue weighted by atomic mass is 9.88. The predicted octanol–water partition coefficient (Wildman–Crippen LogP) is 4.88. The SMILES string of the molecule is CC(C1CCN(c2nc(C(F)(F)F)ccc2F)CC1)N1/C(=N\N)CN([C@H]2CCOC2)Cc2cc(Cl)ccc21. The van der Waals surface area contributed by atoms with Gasteiger partial charge < -0.3 is 20.4 Å². The van der Waals surface area contributed by atoms with E-state index in [-0.39, 0.29) is 23.8 Å². The molecule has 0 radical (unpaired) electrons. The summed E-state index contributed by atoms with van der Waals surface area (Å²) in [5.74, 6) is 5.85. The van der Waals surface area contributed by atoms with E-state index >= 15 is 0 Å². The van der Waals surface area contributed by atoms with Crippen LogP contribution in [0.5, 0.6) is 0 Å². The van der Waals surface area contributed by atoms with Gasteiger partial charge in [-0.3, -0.25) is 4.90 Å². The third-order valence-electron chi connectivity index (χ3n) is 7.91. The van der Waals surface area contributed by atoms with E-state index in [9.17, 15) is 17.6 Å². The van der Waals surface area contributed by atoms with Crippen molar-refractivity contribution in [3.63, 3.8) is 0 Å². The molecule has 2 atom stereocenters. The van der Waals surface area contributed by atoms with Crippen LogP contribution in [0.1, 0.15) is 37.4 Å². The van der Waals surface area contributed by atoms with E-state index in [2.05, 4.69) is 26.8 Å². The minimum Gasteiger partial charge on any atom is -0.380 e. The van der Waals surface area contributed by atoms with Crippen molar-refractivity contribution in [1.29, 1.82) is 0 Å². The van der Waals surface area contributed by atoms with E-state index in [0.29, 0.717) is 56.7 Å². The molecule has 1 aromatic carbocycles. The number of nitrogens with zero attached hydrogens (tertiary/aromatic N) is 5. The molecule has 0 saturated carbocycles. The minimum absolute atomic E-state index is 0.0153. The molecule has 0 spiro atoms. The number of pyridine rings is 1. The summed E-state index contributed by atoms with van der Waals surface area (Å²) >= 11 is 6.38. The van der Waals surface area contributed by atoms with Gasteiger partial charge in [0.2, 0.25) is 0 Å². The van der Waals surface area contributed by atoms with Crippen molar-refractivity contribution in [2.24, 2.45) is 16.9 Å². The first-order valence-electron chi connectivity index (χ1n) is 12.8. The minimum atomic E-state index is -4.63. The van der Waals surface area contributed by atoms with E-state index in [4.69, 9.17) is 22.2 Å². The second-order valence-corrected chi connectivity index (χ2v) is 10.6. The van der Waals surface area contributed by atoms with Crippen molar-refractivity contribution in [2.45, 2.75) is 51.0 Å². The second-order valence-electron chi connectivity index (χ2n) is 10.2. The topological polar surface area (TPSA) is 70.2 Å². The summed E-state index contributed by atoms with van der Waals surface area (Å²) in [6.45, 7) is 5.51. The lowest BCUT2D eigenvalue weighted by molar-refractivity contribution is -0.141. The summed E-state index contributed by atoms with van der Waals surface area (Å²) in [6, 6.07) is 7.57. The summed E-state index contributed by atoms with van der Waals surface area (Å²) in [4.78, 5) is 9.70. The first-order chi connectivity index (χ1) is 18.2. The van der Waals surface area contributed by atoms with Crippen LogP contribution in [0.25, 0.3) is 0 Å². The van der Waals surface area contributed by atoms with E-state index in [1.165, 1.54) is 0 Å².